The number of ketones is 1. The summed E-state index contributed by atoms with van der Waals surface area (Å²) in [6, 6.07) is 5.89. The molecule has 1 atom stereocenters. The number of Topliss-reactive ketones (excluding diaryl/α,β-unsaturated/α-hetero) is 1. The Labute approximate surface area is 146 Å². The summed E-state index contributed by atoms with van der Waals surface area (Å²) in [6.45, 7) is 2.24. The van der Waals surface area contributed by atoms with Crippen molar-refractivity contribution in [1.29, 1.82) is 0 Å². The van der Waals surface area contributed by atoms with Crippen LogP contribution in [0, 0.1) is 11.8 Å². The van der Waals surface area contributed by atoms with Crippen LogP contribution in [-0.4, -0.2) is 37.9 Å². The lowest BCUT2D eigenvalue weighted by molar-refractivity contribution is 0.0883. The number of hydrogen-bond acceptors (Lipinski definition) is 3. The summed E-state index contributed by atoms with van der Waals surface area (Å²) in [5.41, 5.74) is 2.08. The standard InChI is InChI=1S/C21H31NO2/c1-22(15-16-6-4-3-5-7-16)13-12-17-8-9-18-14-19(24-2)10-11-20(18)21(17)23/h10-11,14,16-17H,3-9,12-13,15H2,1-2H3. The molecule has 1 saturated carbocycles. The molecule has 0 heterocycles. The van der Waals surface area contributed by atoms with Crippen LogP contribution in [0.4, 0.5) is 0 Å². The Kier molecular flexibility index (Phi) is 5.94. The minimum Gasteiger partial charge on any atom is -0.497 e. The number of carbonyl (C=O) groups is 1. The van der Waals surface area contributed by atoms with Crippen LogP contribution >= 0.6 is 0 Å². The molecule has 0 aliphatic heterocycles. The highest BCUT2D eigenvalue weighted by molar-refractivity contribution is 6.00. The smallest absolute Gasteiger partial charge is 0.166 e. The number of fused-ring (bicyclic) bond motifs is 1. The molecule has 0 aromatic heterocycles. The first-order valence-electron chi connectivity index (χ1n) is 9.57. The van der Waals surface area contributed by atoms with E-state index in [2.05, 4.69) is 11.9 Å². The van der Waals surface area contributed by atoms with Crippen molar-refractivity contribution in [2.45, 2.75) is 51.4 Å². The molecule has 1 fully saturated rings. The predicted octanol–water partition coefficient (Wildman–Crippen LogP) is 4.34. The fourth-order valence-electron chi connectivity index (χ4n) is 4.38. The minimum atomic E-state index is 0.194. The number of carbonyl (C=O) groups excluding carboxylic acids is 1. The summed E-state index contributed by atoms with van der Waals surface area (Å²) in [5.74, 6) is 2.26. The van der Waals surface area contributed by atoms with Crippen LogP contribution in [0.2, 0.25) is 0 Å². The molecular formula is C21H31NO2. The van der Waals surface area contributed by atoms with Crippen LogP contribution in [0.15, 0.2) is 18.2 Å². The highest BCUT2D eigenvalue weighted by Gasteiger charge is 2.27. The largest absolute Gasteiger partial charge is 0.497 e. The average Bonchev–Trinajstić information content (AvgIpc) is 2.61. The molecule has 0 radical (unpaired) electrons. The van der Waals surface area contributed by atoms with Gasteiger partial charge < -0.3 is 9.64 Å². The first kappa shape index (κ1) is 17.5. The SMILES string of the molecule is COc1ccc2c(c1)CCC(CCN(C)CC1CCCCC1)C2=O. The van der Waals surface area contributed by atoms with Gasteiger partial charge in [0.25, 0.3) is 0 Å². The van der Waals surface area contributed by atoms with Crippen molar-refractivity contribution in [3.63, 3.8) is 0 Å². The molecular weight excluding hydrogens is 298 g/mol. The van der Waals surface area contributed by atoms with Crippen molar-refractivity contribution < 1.29 is 9.53 Å². The number of aryl methyl sites for hydroxylation is 1. The number of ether oxygens (including phenoxy) is 1. The number of hydrogen-bond donors (Lipinski definition) is 0. The lowest BCUT2D eigenvalue weighted by atomic mass is 9.81. The topological polar surface area (TPSA) is 29.5 Å². The van der Waals surface area contributed by atoms with Gasteiger partial charge in [0.15, 0.2) is 5.78 Å². The van der Waals surface area contributed by atoms with Crippen molar-refractivity contribution in [1.82, 2.24) is 4.90 Å². The van der Waals surface area contributed by atoms with E-state index in [-0.39, 0.29) is 5.92 Å². The monoisotopic (exact) mass is 329 g/mol. The third kappa shape index (κ3) is 4.18. The fourth-order valence-corrected chi connectivity index (χ4v) is 4.38. The lowest BCUT2D eigenvalue weighted by Gasteiger charge is -2.29. The van der Waals surface area contributed by atoms with E-state index in [4.69, 9.17) is 4.74 Å². The van der Waals surface area contributed by atoms with Crippen LogP contribution in [0.5, 0.6) is 5.75 Å². The van der Waals surface area contributed by atoms with Crippen LogP contribution in [0.3, 0.4) is 0 Å². The van der Waals surface area contributed by atoms with E-state index < -0.39 is 0 Å². The molecule has 1 unspecified atom stereocenters. The zero-order valence-corrected chi connectivity index (χ0v) is 15.2. The maximum Gasteiger partial charge on any atom is 0.166 e. The molecule has 2 aliphatic carbocycles. The van der Waals surface area contributed by atoms with Crippen molar-refractivity contribution in [3.05, 3.63) is 29.3 Å². The van der Waals surface area contributed by atoms with Crippen LogP contribution < -0.4 is 4.74 Å². The molecule has 0 saturated heterocycles. The molecule has 0 bridgehead atoms. The fraction of sp³-hybridized carbons (Fsp3) is 0.667. The molecule has 2 aliphatic rings. The Morgan fingerprint density at radius 2 is 1.96 bits per heavy atom. The highest BCUT2D eigenvalue weighted by Crippen LogP contribution is 2.30. The molecule has 3 heteroatoms. The number of methoxy groups -OCH3 is 1. The number of benzene rings is 1. The number of nitrogens with zero attached hydrogens (tertiary/aromatic N) is 1. The van der Waals surface area contributed by atoms with E-state index >= 15 is 0 Å². The van der Waals surface area contributed by atoms with E-state index in [1.165, 1.54) is 38.6 Å². The summed E-state index contributed by atoms with van der Waals surface area (Å²) in [4.78, 5) is 15.2. The van der Waals surface area contributed by atoms with Gasteiger partial charge in [0.2, 0.25) is 0 Å². The van der Waals surface area contributed by atoms with Gasteiger partial charge in [-0.1, -0.05) is 19.3 Å². The van der Waals surface area contributed by atoms with Gasteiger partial charge in [0.1, 0.15) is 5.75 Å². The molecule has 0 N–H and O–H groups in total. The van der Waals surface area contributed by atoms with Crippen molar-refractivity contribution >= 4 is 5.78 Å². The summed E-state index contributed by atoms with van der Waals surface area (Å²) in [5, 5.41) is 0. The van der Waals surface area contributed by atoms with Gasteiger partial charge in [0.05, 0.1) is 7.11 Å². The zero-order valence-electron chi connectivity index (χ0n) is 15.2. The second-order valence-corrected chi connectivity index (χ2v) is 7.68. The Bertz CT molecular complexity index is 563. The van der Waals surface area contributed by atoms with Gasteiger partial charge in [-0.05, 0) is 75.4 Å². The molecule has 1 aromatic rings. The lowest BCUT2D eigenvalue weighted by Crippen LogP contribution is -2.31. The van der Waals surface area contributed by atoms with Crippen LogP contribution in [0.1, 0.15) is 60.9 Å². The Morgan fingerprint density at radius 3 is 2.71 bits per heavy atom. The first-order valence-corrected chi connectivity index (χ1v) is 9.57. The maximum absolute atomic E-state index is 12.8. The van der Waals surface area contributed by atoms with Crippen molar-refractivity contribution in [2.24, 2.45) is 11.8 Å². The quantitative estimate of drug-likeness (QED) is 0.777. The summed E-state index contributed by atoms with van der Waals surface area (Å²) >= 11 is 0. The Hall–Kier alpha value is -1.35. The van der Waals surface area contributed by atoms with Gasteiger partial charge >= 0.3 is 0 Å². The minimum absolute atomic E-state index is 0.194. The van der Waals surface area contributed by atoms with Crippen molar-refractivity contribution in [3.8, 4) is 5.75 Å². The maximum atomic E-state index is 12.8. The first-order chi connectivity index (χ1) is 11.7. The summed E-state index contributed by atoms with van der Waals surface area (Å²) < 4.78 is 5.28. The zero-order chi connectivity index (χ0) is 16.9. The van der Waals surface area contributed by atoms with Crippen molar-refractivity contribution in [2.75, 3.05) is 27.2 Å². The molecule has 1 aromatic carbocycles. The second kappa shape index (κ2) is 8.15. The summed E-state index contributed by atoms with van der Waals surface area (Å²) in [6.07, 6.45) is 9.98. The third-order valence-corrected chi connectivity index (χ3v) is 5.86. The molecule has 132 valence electrons. The Balaban J connectivity index is 1.51. The van der Waals surface area contributed by atoms with Gasteiger partial charge in [-0.15, -0.1) is 0 Å². The van der Waals surface area contributed by atoms with E-state index in [0.29, 0.717) is 5.78 Å². The van der Waals surface area contributed by atoms with Gasteiger partial charge in [-0.2, -0.15) is 0 Å². The van der Waals surface area contributed by atoms with Gasteiger partial charge in [0, 0.05) is 18.0 Å². The highest BCUT2D eigenvalue weighted by atomic mass is 16.5. The van der Waals surface area contributed by atoms with E-state index in [1.807, 2.05) is 18.2 Å². The molecule has 0 amide bonds. The van der Waals surface area contributed by atoms with E-state index in [1.54, 1.807) is 7.11 Å². The number of rotatable bonds is 6. The van der Waals surface area contributed by atoms with Gasteiger partial charge in [-0.25, -0.2) is 0 Å². The van der Waals surface area contributed by atoms with E-state index in [9.17, 15) is 4.79 Å². The Morgan fingerprint density at radius 1 is 1.17 bits per heavy atom. The van der Waals surface area contributed by atoms with Crippen LogP contribution in [-0.2, 0) is 6.42 Å². The van der Waals surface area contributed by atoms with Crippen LogP contribution in [0.25, 0.3) is 0 Å². The third-order valence-electron chi connectivity index (χ3n) is 5.86. The molecule has 3 nitrogen and oxygen atoms in total. The predicted molar refractivity (Wildman–Crippen MR) is 97.8 cm³/mol. The summed E-state index contributed by atoms with van der Waals surface area (Å²) in [7, 11) is 3.90. The van der Waals surface area contributed by atoms with Gasteiger partial charge in [-0.3, -0.25) is 4.79 Å². The molecule has 24 heavy (non-hydrogen) atoms. The molecule has 3 rings (SSSR count). The average molecular weight is 329 g/mol. The normalized spacial score (nSPS) is 21.8. The van der Waals surface area contributed by atoms with E-state index in [0.717, 1.165) is 48.6 Å². The molecule has 0 spiro atoms. The second-order valence-electron chi connectivity index (χ2n) is 7.68.